The SMILES string of the molecule is CCCCCC[Si]c1c(C)cc(C)cc1C. The molecule has 0 N–H and O–H groups in total. The van der Waals surface area contributed by atoms with Gasteiger partial charge in [-0.25, -0.2) is 0 Å². The third-order valence-electron chi connectivity index (χ3n) is 3.01. The summed E-state index contributed by atoms with van der Waals surface area (Å²) in [4.78, 5) is 0. The van der Waals surface area contributed by atoms with Crippen LogP contribution in [0.1, 0.15) is 49.3 Å². The first-order valence-electron chi connectivity index (χ1n) is 6.47. The van der Waals surface area contributed by atoms with E-state index in [1.165, 1.54) is 48.4 Å². The molecule has 0 aliphatic carbocycles. The lowest BCUT2D eigenvalue weighted by Gasteiger charge is -2.10. The zero-order chi connectivity index (χ0) is 12.0. The van der Waals surface area contributed by atoms with Gasteiger partial charge >= 0.3 is 0 Å². The van der Waals surface area contributed by atoms with Crippen molar-refractivity contribution in [3.63, 3.8) is 0 Å². The first kappa shape index (κ1) is 13.5. The second kappa shape index (κ2) is 6.90. The Morgan fingerprint density at radius 2 is 1.56 bits per heavy atom. The molecule has 0 aliphatic rings. The third-order valence-corrected chi connectivity index (χ3v) is 4.75. The number of hydrogen-bond donors (Lipinski definition) is 0. The van der Waals surface area contributed by atoms with Gasteiger partial charge in [0.25, 0.3) is 0 Å². The predicted molar refractivity (Wildman–Crippen MR) is 75.0 cm³/mol. The van der Waals surface area contributed by atoms with E-state index in [4.69, 9.17) is 0 Å². The maximum Gasteiger partial charge on any atom is 0.0815 e. The Morgan fingerprint density at radius 3 is 2.12 bits per heavy atom. The normalized spacial score (nSPS) is 10.8. The fourth-order valence-electron chi connectivity index (χ4n) is 2.22. The van der Waals surface area contributed by atoms with E-state index in [9.17, 15) is 0 Å². The molecular formula is C15H24Si. The minimum atomic E-state index is 1.01. The lowest BCUT2D eigenvalue weighted by Crippen LogP contribution is -2.20. The van der Waals surface area contributed by atoms with Gasteiger partial charge in [-0.2, -0.15) is 0 Å². The standard InChI is InChI=1S/C15H24Si/c1-5-6-7-8-9-16-15-13(3)10-12(2)11-14(15)4/h10-11H,5-9H2,1-4H3. The molecule has 0 amide bonds. The molecule has 0 unspecified atom stereocenters. The van der Waals surface area contributed by atoms with Crippen LogP contribution in [0, 0.1) is 20.8 Å². The Morgan fingerprint density at radius 1 is 0.938 bits per heavy atom. The van der Waals surface area contributed by atoms with Crippen LogP contribution >= 0.6 is 0 Å². The van der Waals surface area contributed by atoms with Crippen LogP contribution in [-0.4, -0.2) is 9.52 Å². The van der Waals surface area contributed by atoms with Crippen molar-refractivity contribution in [2.24, 2.45) is 0 Å². The van der Waals surface area contributed by atoms with E-state index in [1.807, 2.05) is 0 Å². The summed E-state index contributed by atoms with van der Waals surface area (Å²) in [6.07, 6.45) is 5.55. The first-order valence-corrected chi connectivity index (χ1v) is 7.67. The van der Waals surface area contributed by atoms with Crippen LogP contribution in [0.3, 0.4) is 0 Å². The highest BCUT2D eigenvalue weighted by Crippen LogP contribution is 2.07. The number of aryl methyl sites for hydroxylation is 3. The van der Waals surface area contributed by atoms with Crippen molar-refractivity contribution in [1.29, 1.82) is 0 Å². The van der Waals surface area contributed by atoms with Crippen LogP contribution in [0.15, 0.2) is 12.1 Å². The number of unbranched alkanes of at least 4 members (excludes halogenated alkanes) is 3. The highest BCUT2D eigenvalue weighted by molar-refractivity contribution is 6.54. The molecule has 16 heavy (non-hydrogen) atoms. The van der Waals surface area contributed by atoms with E-state index in [1.54, 1.807) is 5.19 Å². The second-order valence-electron chi connectivity index (χ2n) is 4.76. The summed E-state index contributed by atoms with van der Waals surface area (Å²) >= 11 is 0. The van der Waals surface area contributed by atoms with Crippen LogP contribution in [0.25, 0.3) is 0 Å². The molecule has 0 heterocycles. The monoisotopic (exact) mass is 232 g/mol. The highest BCUT2D eigenvalue weighted by Gasteiger charge is 2.04. The van der Waals surface area contributed by atoms with Crippen LogP contribution in [0.2, 0.25) is 6.04 Å². The molecule has 88 valence electrons. The average Bonchev–Trinajstić information content (AvgIpc) is 2.20. The molecule has 1 aromatic rings. The molecule has 0 saturated heterocycles. The van der Waals surface area contributed by atoms with Gasteiger partial charge in [0.05, 0.1) is 9.52 Å². The molecule has 0 atom stereocenters. The molecule has 1 rings (SSSR count). The van der Waals surface area contributed by atoms with E-state index in [0.29, 0.717) is 0 Å². The Hall–Kier alpha value is -0.563. The fourth-order valence-corrected chi connectivity index (χ4v) is 3.60. The summed E-state index contributed by atoms with van der Waals surface area (Å²) in [5.41, 5.74) is 4.38. The molecule has 0 bridgehead atoms. The van der Waals surface area contributed by atoms with Crippen molar-refractivity contribution >= 4 is 14.7 Å². The first-order chi connectivity index (χ1) is 7.65. The van der Waals surface area contributed by atoms with Gasteiger partial charge in [0.15, 0.2) is 0 Å². The molecule has 0 aromatic heterocycles. The summed E-state index contributed by atoms with van der Waals surface area (Å²) in [7, 11) is 1.01. The Kier molecular flexibility index (Phi) is 5.82. The average molecular weight is 232 g/mol. The molecule has 1 aromatic carbocycles. The Balaban J connectivity index is 2.47. The molecule has 1 heteroatoms. The largest absolute Gasteiger partial charge is 0.0815 e. The Bertz CT molecular complexity index is 305. The minimum absolute atomic E-state index is 1.01. The van der Waals surface area contributed by atoms with Crippen molar-refractivity contribution in [1.82, 2.24) is 0 Å². The van der Waals surface area contributed by atoms with Crippen molar-refractivity contribution < 1.29 is 0 Å². The highest BCUT2D eigenvalue weighted by atomic mass is 28.2. The Labute approximate surface area is 103 Å². The van der Waals surface area contributed by atoms with Gasteiger partial charge in [-0.1, -0.05) is 72.7 Å². The summed E-state index contributed by atoms with van der Waals surface area (Å²) in [5, 5.41) is 1.61. The lowest BCUT2D eigenvalue weighted by atomic mass is 10.1. The smallest absolute Gasteiger partial charge is 0.0654 e. The molecule has 0 saturated carbocycles. The van der Waals surface area contributed by atoms with Crippen LogP contribution in [-0.2, 0) is 0 Å². The van der Waals surface area contributed by atoms with Crippen LogP contribution in [0.5, 0.6) is 0 Å². The van der Waals surface area contributed by atoms with Gasteiger partial charge in [0.2, 0.25) is 0 Å². The van der Waals surface area contributed by atoms with Gasteiger partial charge in [0, 0.05) is 0 Å². The van der Waals surface area contributed by atoms with Gasteiger partial charge in [-0.05, 0) is 20.8 Å². The summed E-state index contributed by atoms with van der Waals surface area (Å²) in [5.74, 6) is 0. The van der Waals surface area contributed by atoms with E-state index < -0.39 is 0 Å². The summed E-state index contributed by atoms with van der Waals surface area (Å²) < 4.78 is 0. The van der Waals surface area contributed by atoms with Gasteiger partial charge in [-0.15, -0.1) is 0 Å². The predicted octanol–water partition coefficient (Wildman–Crippen LogP) is 3.94. The zero-order valence-electron chi connectivity index (χ0n) is 11.2. The fraction of sp³-hybridized carbons (Fsp3) is 0.600. The van der Waals surface area contributed by atoms with Crippen molar-refractivity contribution in [3.05, 3.63) is 28.8 Å². The van der Waals surface area contributed by atoms with E-state index in [-0.39, 0.29) is 0 Å². The quantitative estimate of drug-likeness (QED) is 0.515. The van der Waals surface area contributed by atoms with E-state index in [2.05, 4.69) is 39.8 Å². The molecule has 0 nitrogen and oxygen atoms in total. The van der Waals surface area contributed by atoms with Gasteiger partial charge in [-0.3, -0.25) is 0 Å². The molecule has 0 aliphatic heterocycles. The molecule has 0 spiro atoms. The van der Waals surface area contributed by atoms with Gasteiger partial charge in [0.1, 0.15) is 0 Å². The van der Waals surface area contributed by atoms with Crippen molar-refractivity contribution in [3.8, 4) is 0 Å². The number of rotatable bonds is 6. The summed E-state index contributed by atoms with van der Waals surface area (Å²) in [6, 6.07) is 6.02. The summed E-state index contributed by atoms with van der Waals surface area (Å²) in [6.45, 7) is 8.98. The molecule has 0 fully saturated rings. The lowest BCUT2D eigenvalue weighted by molar-refractivity contribution is 0.701. The maximum atomic E-state index is 2.32. The number of benzene rings is 1. The third kappa shape index (κ3) is 4.13. The van der Waals surface area contributed by atoms with E-state index >= 15 is 0 Å². The topological polar surface area (TPSA) is 0 Å². The van der Waals surface area contributed by atoms with Crippen LogP contribution in [0.4, 0.5) is 0 Å². The van der Waals surface area contributed by atoms with Crippen LogP contribution < -0.4 is 5.19 Å². The number of hydrogen-bond acceptors (Lipinski definition) is 0. The van der Waals surface area contributed by atoms with E-state index in [0.717, 1.165) is 9.52 Å². The van der Waals surface area contributed by atoms with Crippen molar-refractivity contribution in [2.45, 2.75) is 59.4 Å². The molecule has 2 radical (unpaired) electrons. The molecular weight excluding hydrogens is 208 g/mol. The van der Waals surface area contributed by atoms with Gasteiger partial charge < -0.3 is 0 Å². The minimum Gasteiger partial charge on any atom is -0.0654 e. The second-order valence-corrected chi connectivity index (χ2v) is 6.11. The zero-order valence-corrected chi connectivity index (χ0v) is 12.2. The maximum absolute atomic E-state index is 2.32. The van der Waals surface area contributed by atoms with Crippen molar-refractivity contribution in [2.75, 3.05) is 0 Å².